The van der Waals surface area contributed by atoms with E-state index < -0.39 is 5.97 Å². The number of carbonyl (C=O) groups excluding carboxylic acids is 1. The molecule has 0 radical (unpaired) electrons. The Hall–Kier alpha value is -2.03. The predicted octanol–water partition coefficient (Wildman–Crippen LogP) is 4.12. The maximum absolute atomic E-state index is 11.5. The molecule has 6 nitrogen and oxygen atoms in total. The molecule has 2 rings (SSSR count). The minimum atomic E-state index is -0.482. The minimum absolute atomic E-state index is 0. The first-order valence-electron chi connectivity index (χ1n) is 7.92. The molecular formula is C18H24IN3O3. The Bertz CT molecular complexity index is 726. The Morgan fingerprint density at radius 2 is 2.08 bits per heavy atom. The summed E-state index contributed by atoms with van der Waals surface area (Å²) in [4.78, 5) is 15.8. The first-order valence-corrected chi connectivity index (χ1v) is 7.92. The second-order valence-electron chi connectivity index (χ2n) is 5.59. The van der Waals surface area contributed by atoms with Crippen LogP contribution in [0.5, 0.6) is 0 Å². The van der Waals surface area contributed by atoms with E-state index in [9.17, 15) is 4.79 Å². The molecule has 0 amide bonds. The summed E-state index contributed by atoms with van der Waals surface area (Å²) in [5, 5.41) is 3.05. The molecule has 0 bridgehead atoms. The summed E-state index contributed by atoms with van der Waals surface area (Å²) in [6.07, 6.45) is 0. The normalized spacial score (nSPS) is 11.1. The Morgan fingerprint density at radius 3 is 2.76 bits per heavy atom. The molecule has 0 unspecified atom stereocenters. The third-order valence-corrected chi connectivity index (χ3v) is 3.37. The van der Waals surface area contributed by atoms with E-state index in [1.165, 1.54) is 5.56 Å². The van der Waals surface area contributed by atoms with Gasteiger partial charge in [-0.15, -0.1) is 24.0 Å². The number of anilines is 1. The van der Waals surface area contributed by atoms with Gasteiger partial charge in [0.25, 0.3) is 0 Å². The molecule has 0 atom stereocenters. The molecule has 0 aliphatic rings. The lowest BCUT2D eigenvalue weighted by atomic mass is 10.0. The van der Waals surface area contributed by atoms with E-state index in [-0.39, 0.29) is 42.2 Å². The average Bonchev–Trinajstić information content (AvgIpc) is 3.02. The second kappa shape index (κ2) is 10.1. The van der Waals surface area contributed by atoms with Gasteiger partial charge in [0.2, 0.25) is 5.76 Å². The summed E-state index contributed by atoms with van der Waals surface area (Å²) >= 11 is 0. The number of carbonyl (C=O) groups is 1. The fourth-order valence-corrected chi connectivity index (χ4v) is 2.10. The summed E-state index contributed by atoms with van der Waals surface area (Å²) in [5.74, 6) is 0.945. The average molecular weight is 457 g/mol. The van der Waals surface area contributed by atoms with Crippen LogP contribution in [0, 0.1) is 0 Å². The van der Waals surface area contributed by atoms with E-state index in [1.54, 1.807) is 19.1 Å². The van der Waals surface area contributed by atoms with E-state index in [1.807, 2.05) is 18.2 Å². The quantitative estimate of drug-likeness (QED) is 0.295. The summed E-state index contributed by atoms with van der Waals surface area (Å²) < 4.78 is 10.3. The van der Waals surface area contributed by atoms with Gasteiger partial charge in [-0.05, 0) is 42.7 Å². The number of hydrogen-bond donors (Lipinski definition) is 2. The Balaban J connectivity index is 0.00000312. The number of esters is 1. The van der Waals surface area contributed by atoms with Gasteiger partial charge in [0.1, 0.15) is 12.3 Å². The highest BCUT2D eigenvalue weighted by molar-refractivity contribution is 14.0. The zero-order valence-corrected chi connectivity index (χ0v) is 16.9. The van der Waals surface area contributed by atoms with Gasteiger partial charge in [0.05, 0.1) is 6.61 Å². The van der Waals surface area contributed by atoms with E-state index in [4.69, 9.17) is 14.9 Å². The van der Waals surface area contributed by atoms with Crippen LogP contribution in [0.1, 0.15) is 48.6 Å². The van der Waals surface area contributed by atoms with Crippen molar-refractivity contribution in [3.63, 3.8) is 0 Å². The van der Waals surface area contributed by atoms with Gasteiger partial charge < -0.3 is 20.2 Å². The van der Waals surface area contributed by atoms with Crippen molar-refractivity contribution >= 4 is 41.6 Å². The Morgan fingerprint density at radius 1 is 1.32 bits per heavy atom. The largest absolute Gasteiger partial charge is 0.460 e. The predicted molar refractivity (Wildman–Crippen MR) is 110 cm³/mol. The molecule has 3 N–H and O–H groups in total. The van der Waals surface area contributed by atoms with Gasteiger partial charge in [0.15, 0.2) is 5.96 Å². The van der Waals surface area contributed by atoms with Crippen LogP contribution in [0.25, 0.3) is 0 Å². The number of rotatable bonds is 6. The van der Waals surface area contributed by atoms with Crippen LogP contribution < -0.4 is 11.1 Å². The van der Waals surface area contributed by atoms with Crippen LogP contribution in [0.4, 0.5) is 5.69 Å². The zero-order valence-electron chi connectivity index (χ0n) is 14.6. The molecule has 0 fully saturated rings. The molecule has 25 heavy (non-hydrogen) atoms. The van der Waals surface area contributed by atoms with Crippen molar-refractivity contribution < 1.29 is 13.9 Å². The molecule has 0 aliphatic heterocycles. The number of ether oxygens (including phenoxy) is 1. The lowest BCUT2D eigenvalue weighted by Gasteiger charge is -2.09. The first kappa shape index (κ1) is 21.0. The van der Waals surface area contributed by atoms with Crippen LogP contribution in [0.3, 0.4) is 0 Å². The third kappa shape index (κ3) is 6.41. The van der Waals surface area contributed by atoms with Crippen molar-refractivity contribution in [2.45, 2.75) is 33.2 Å². The summed E-state index contributed by atoms with van der Waals surface area (Å²) in [6, 6.07) is 11.3. The van der Waals surface area contributed by atoms with Gasteiger partial charge in [-0.25, -0.2) is 9.79 Å². The standard InChI is InChI=1S/C18H23N3O3.HI/c1-4-23-17(22)16-9-8-15(24-16)11-20-18(19)21-14-7-5-6-13(10-14)12(2)3;/h5-10,12H,4,11H2,1-3H3,(H3,19,20,21);1H. The van der Waals surface area contributed by atoms with Crippen molar-refractivity contribution in [2.75, 3.05) is 11.9 Å². The second-order valence-corrected chi connectivity index (χ2v) is 5.59. The topological polar surface area (TPSA) is 89.8 Å². The molecule has 1 aromatic carbocycles. The van der Waals surface area contributed by atoms with Crippen molar-refractivity contribution in [3.8, 4) is 0 Å². The zero-order chi connectivity index (χ0) is 17.5. The fourth-order valence-electron chi connectivity index (χ4n) is 2.10. The molecule has 7 heteroatoms. The van der Waals surface area contributed by atoms with E-state index in [0.717, 1.165) is 5.69 Å². The van der Waals surface area contributed by atoms with Crippen molar-refractivity contribution in [3.05, 3.63) is 53.5 Å². The molecule has 1 heterocycles. The maximum Gasteiger partial charge on any atom is 0.374 e. The number of nitrogens with one attached hydrogen (secondary N) is 1. The van der Waals surface area contributed by atoms with E-state index in [0.29, 0.717) is 18.3 Å². The third-order valence-electron chi connectivity index (χ3n) is 3.37. The highest BCUT2D eigenvalue weighted by Crippen LogP contribution is 2.18. The van der Waals surface area contributed by atoms with Crippen molar-refractivity contribution in [2.24, 2.45) is 10.7 Å². The van der Waals surface area contributed by atoms with E-state index in [2.05, 4.69) is 30.2 Å². The number of nitrogens with zero attached hydrogens (tertiary/aromatic N) is 1. The van der Waals surface area contributed by atoms with Crippen molar-refractivity contribution in [1.82, 2.24) is 0 Å². The molecule has 0 saturated carbocycles. The molecule has 0 aliphatic carbocycles. The van der Waals surface area contributed by atoms with Gasteiger partial charge in [-0.2, -0.15) is 0 Å². The highest BCUT2D eigenvalue weighted by atomic mass is 127. The summed E-state index contributed by atoms with van der Waals surface area (Å²) in [7, 11) is 0. The summed E-state index contributed by atoms with van der Waals surface area (Å²) in [5.41, 5.74) is 8.00. The van der Waals surface area contributed by atoms with Crippen LogP contribution in [-0.2, 0) is 11.3 Å². The van der Waals surface area contributed by atoms with Gasteiger partial charge in [0, 0.05) is 5.69 Å². The number of hydrogen-bond acceptors (Lipinski definition) is 4. The number of benzene rings is 1. The number of aliphatic imine (C=N–C) groups is 1. The van der Waals surface area contributed by atoms with E-state index >= 15 is 0 Å². The number of furan rings is 1. The maximum atomic E-state index is 11.5. The number of nitrogens with two attached hydrogens (primary N) is 1. The molecular weight excluding hydrogens is 433 g/mol. The number of guanidine groups is 1. The van der Waals surface area contributed by atoms with Gasteiger partial charge >= 0.3 is 5.97 Å². The Labute approximate surface area is 164 Å². The smallest absolute Gasteiger partial charge is 0.374 e. The fraction of sp³-hybridized carbons (Fsp3) is 0.333. The molecule has 0 spiro atoms. The van der Waals surface area contributed by atoms with Crippen LogP contribution in [-0.4, -0.2) is 18.5 Å². The number of halogens is 1. The molecule has 136 valence electrons. The van der Waals surface area contributed by atoms with Gasteiger partial charge in [-0.1, -0.05) is 26.0 Å². The van der Waals surface area contributed by atoms with Gasteiger partial charge in [-0.3, -0.25) is 0 Å². The molecule has 1 aromatic heterocycles. The van der Waals surface area contributed by atoms with Crippen LogP contribution >= 0.6 is 24.0 Å². The lowest BCUT2D eigenvalue weighted by molar-refractivity contribution is 0.0488. The monoisotopic (exact) mass is 457 g/mol. The summed E-state index contributed by atoms with van der Waals surface area (Å²) in [6.45, 7) is 6.55. The van der Waals surface area contributed by atoms with Crippen molar-refractivity contribution in [1.29, 1.82) is 0 Å². The lowest BCUT2D eigenvalue weighted by Crippen LogP contribution is -2.22. The van der Waals surface area contributed by atoms with Crippen LogP contribution in [0.15, 0.2) is 45.8 Å². The molecule has 0 saturated heterocycles. The minimum Gasteiger partial charge on any atom is -0.460 e. The highest BCUT2D eigenvalue weighted by Gasteiger charge is 2.11. The molecule has 2 aromatic rings. The van der Waals surface area contributed by atoms with Crippen LogP contribution in [0.2, 0.25) is 0 Å². The Kier molecular flexibility index (Phi) is 8.47. The first-order chi connectivity index (χ1) is 11.5. The SMILES string of the molecule is CCOC(=O)c1ccc(CN=C(N)Nc2cccc(C(C)C)c2)o1.I.